The highest BCUT2D eigenvalue weighted by Crippen LogP contribution is 2.22. The molecule has 26 heavy (non-hydrogen) atoms. The zero-order valence-electron chi connectivity index (χ0n) is 15.2. The van der Waals surface area contributed by atoms with Crippen molar-refractivity contribution in [2.75, 3.05) is 13.2 Å². The summed E-state index contributed by atoms with van der Waals surface area (Å²) in [6, 6.07) is 8.60. The Morgan fingerprint density at radius 3 is 2.23 bits per heavy atom. The van der Waals surface area contributed by atoms with E-state index in [9.17, 15) is 14.4 Å². The Labute approximate surface area is 152 Å². The molecule has 2 heterocycles. The van der Waals surface area contributed by atoms with Crippen LogP contribution in [0.3, 0.4) is 0 Å². The van der Waals surface area contributed by atoms with Crippen LogP contribution in [0.25, 0.3) is 0 Å². The van der Waals surface area contributed by atoms with Crippen LogP contribution in [0.15, 0.2) is 30.3 Å². The highest BCUT2D eigenvalue weighted by Gasteiger charge is 2.34. The second kappa shape index (κ2) is 7.15. The molecule has 0 bridgehead atoms. The lowest BCUT2D eigenvalue weighted by Crippen LogP contribution is -2.31. The molecule has 0 saturated carbocycles. The van der Waals surface area contributed by atoms with E-state index in [1.54, 1.807) is 24.3 Å². The summed E-state index contributed by atoms with van der Waals surface area (Å²) in [5, 5.41) is 0. The van der Waals surface area contributed by atoms with Gasteiger partial charge in [0.25, 0.3) is 11.8 Å². The van der Waals surface area contributed by atoms with Crippen LogP contribution in [0.1, 0.15) is 55.8 Å². The van der Waals surface area contributed by atoms with Crippen LogP contribution in [0.4, 0.5) is 0 Å². The summed E-state index contributed by atoms with van der Waals surface area (Å²) >= 11 is 0. The van der Waals surface area contributed by atoms with Gasteiger partial charge in [0.15, 0.2) is 0 Å². The molecule has 136 valence electrons. The lowest BCUT2D eigenvalue weighted by molar-refractivity contribution is 0.0481. The number of ether oxygens (including phenoxy) is 1. The second-order valence-corrected chi connectivity index (χ2v) is 6.33. The number of imide groups is 1. The van der Waals surface area contributed by atoms with Gasteiger partial charge in [0.1, 0.15) is 0 Å². The number of nitrogens with zero attached hydrogens (tertiary/aromatic N) is 2. The molecule has 0 saturated heterocycles. The first kappa shape index (κ1) is 17.9. The minimum atomic E-state index is -0.375. The number of fused-ring (bicyclic) bond motifs is 1. The molecule has 1 aliphatic heterocycles. The van der Waals surface area contributed by atoms with Crippen LogP contribution in [-0.4, -0.2) is 40.4 Å². The predicted molar refractivity (Wildman–Crippen MR) is 96.3 cm³/mol. The molecule has 0 N–H and O–H groups in total. The van der Waals surface area contributed by atoms with Crippen molar-refractivity contribution >= 4 is 17.8 Å². The van der Waals surface area contributed by atoms with Crippen LogP contribution in [0.2, 0.25) is 0 Å². The summed E-state index contributed by atoms with van der Waals surface area (Å²) in [5.74, 6) is -0.952. The van der Waals surface area contributed by atoms with Gasteiger partial charge in [-0.05, 0) is 45.4 Å². The molecule has 0 spiro atoms. The summed E-state index contributed by atoms with van der Waals surface area (Å²) in [7, 11) is 0. The molecule has 0 radical (unpaired) electrons. The Balaban J connectivity index is 1.55. The SMILES string of the molecule is CCn1c(C)cc(C(=O)OCCCN2C(=O)c3ccccc3C2=O)c1C. The third-order valence-electron chi connectivity index (χ3n) is 4.75. The van der Waals surface area contributed by atoms with Gasteiger partial charge in [0, 0.05) is 24.5 Å². The average Bonchev–Trinajstić information content (AvgIpc) is 3.06. The second-order valence-electron chi connectivity index (χ2n) is 6.33. The fourth-order valence-corrected chi connectivity index (χ4v) is 3.40. The lowest BCUT2D eigenvalue weighted by Gasteiger charge is -2.13. The number of amides is 2. The third kappa shape index (κ3) is 3.03. The van der Waals surface area contributed by atoms with Gasteiger partial charge in [-0.25, -0.2) is 4.79 Å². The number of hydrogen-bond acceptors (Lipinski definition) is 4. The van der Waals surface area contributed by atoms with Gasteiger partial charge >= 0.3 is 5.97 Å². The maximum absolute atomic E-state index is 12.3. The maximum atomic E-state index is 12.3. The van der Waals surface area contributed by atoms with Crippen molar-refractivity contribution in [3.8, 4) is 0 Å². The monoisotopic (exact) mass is 354 g/mol. The molecular formula is C20H22N2O4. The minimum Gasteiger partial charge on any atom is -0.462 e. The average molecular weight is 354 g/mol. The Morgan fingerprint density at radius 1 is 1.08 bits per heavy atom. The summed E-state index contributed by atoms with van der Waals surface area (Å²) < 4.78 is 7.38. The van der Waals surface area contributed by atoms with Gasteiger partial charge in [-0.2, -0.15) is 0 Å². The number of rotatable bonds is 6. The van der Waals surface area contributed by atoms with E-state index < -0.39 is 0 Å². The smallest absolute Gasteiger partial charge is 0.339 e. The Morgan fingerprint density at radius 2 is 1.69 bits per heavy atom. The molecule has 2 amide bonds. The first-order valence-electron chi connectivity index (χ1n) is 8.74. The summed E-state index contributed by atoms with van der Waals surface area (Å²) in [6.45, 7) is 7.05. The molecular weight excluding hydrogens is 332 g/mol. The first-order valence-corrected chi connectivity index (χ1v) is 8.74. The zero-order chi connectivity index (χ0) is 18.8. The van der Waals surface area contributed by atoms with E-state index in [0.29, 0.717) is 23.1 Å². The van der Waals surface area contributed by atoms with E-state index in [2.05, 4.69) is 4.57 Å². The van der Waals surface area contributed by atoms with Crippen molar-refractivity contribution < 1.29 is 19.1 Å². The van der Waals surface area contributed by atoms with Crippen molar-refractivity contribution in [3.05, 3.63) is 58.4 Å². The predicted octanol–water partition coefficient (Wildman–Crippen LogP) is 2.97. The topological polar surface area (TPSA) is 68.6 Å². The summed E-state index contributed by atoms with van der Waals surface area (Å²) in [6.07, 6.45) is 0.406. The van der Waals surface area contributed by atoms with E-state index in [0.717, 1.165) is 17.9 Å². The number of carbonyl (C=O) groups excluding carboxylic acids is 3. The van der Waals surface area contributed by atoms with Crippen LogP contribution in [-0.2, 0) is 11.3 Å². The molecule has 0 atom stereocenters. The van der Waals surface area contributed by atoms with E-state index in [1.807, 2.05) is 26.8 Å². The normalized spacial score (nSPS) is 13.3. The quantitative estimate of drug-likeness (QED) is 0.454. The highest BCUT2D eigenvalue weighted by molar-refractivity contribution is 6.21. The van der Waals surface area contributed by atoms with Crippen molar-refractivity contribution in [2.45, 2.75) is 33.7 Å². The van der Waals surface area contributed by atoms with E-state index in [-0.39, 0.29) is 30.9 Å². The molecule has 6 nitrogen and oxygen atoms in total. The highest BCUT2D eigenvalue weighted by atomic mass is 16.5. The Hall–Kier alpha value is -2.89. The van der Waals surface area contributed by atoms with E-state index >= 15 is 0 Å². The molecule has 1 aromatic carbocycles. The Bertz CT molecular complexity index is 847. The van der Waals surface area contributed by atoms with Crippen LogP contribution < -0.4 is 0 Å². The van der Waals surface area contributed by atoms with Gasteiger partial charge < -0.3 is 9.30 Å². The minimum absolute atomic E-state index is 0.155. The van der Waals surface area contributed by atoms with E-state index in [4.69, 9.17) is 4.74 Å². The molecule has 2 aromatic rings. The number of carbonyl (C=O) groups is 3. The van der Waals surface area contributed by atoms with Crippen molar-refractivity contribution in [1.29, 1.82) is 0 Å². The van der Waals surface area contributed by atoms with Crippen molar-refractivity contribution in [1.82, 2.24) is 9.47 Å². The standard InChI is InChI=1S/C20H22N2O4/c1-4-21-13(2)12-17(14(21)3)20(25)26-11-7-10-22-18(23)15-8-5-6-9-16(15)19(22)24/h5-6,8-9,12H,4,7,10-11H2,1-3H3. The van der Waals surface area contributed by atoms with Gasteiger partial charge in [-0.1, -0.05) is 12.1 Å². The van der Waals surface area contributed by atoms with Gasteiger partial charge in [0.2, 0.25) is 0 Å². The van der Waals surface area contributed by atoms with Crippen LogP contribution in [0.5, 0.6) is 0 Å². The molecule has 6 heteroatoms. The Kier molecular flexibility index (Phi) is 4.93. The van der Waals surface area contributed by atoms with Gasteiger partial charge in [0.05, 0.1) is 23.3 Å². The van der Waals surface area contributed by atoms with Crippen LogP contribution in [0, 0.1) is 13.8 Å². The molecule has 3 rings (SSSR count). The van der Waals surface area contributed by atoms with E-state index in [1.165, 1.54) is 4.90 Å². The number of aromatic nitrogens is 1. The van der Waals surface area contributed by atoms with Crippen molar-refractivity contribution in [2.24, 2.45) is 0 Å². The number of benzene rings is 1. The fraction of sp³-hybridized carbons (Fsp3) is 0.350. The van der Waals surface area contributed by atoms with Gasteiger partial charge in [-0.3, -0.25) is 14.5 Å². The number of esters is 1. The summed E-state index contributed by atoms with van der Waals surface area (Å²) in [5.41, 5.74) is 3.33. The molecule has 0 aliphatic carbocycles. The molecule has 0 unspecified atom stereocenters. The zero-order valence-corrected chi connectivity index (χ0v) is 15.2. The molecule has 1 aromatic heterocycles. The van der Waals surface area contributed by atoms with Gasteiger partial charge in [-0.15, -0.1) is 0 Å². The maximum Gasteiger partial charge on any atom is 0.339 e. The number of hydrogen-bond donors (Lipinski definition) is 0. The number of aryl methyl sites for hydroxylation is 1. The fourth-order valence-electron chi connectivity index (χ4n) is 3.40. The molecule has 0 fully saturated rings. The summed E-state index contributed by atoms with van der Waals surface area (Å²) in [4.78, 5) is 38.0. The third-order valence-corrected chi connectivity index (χ3v) is 4.75. The van der Waals surface area contributed by atoms with Crippen molar-refractivity contribution in [3.63, 3.8) is 0 Å². The first-order chi connectivity index (χ1) is 12.5. The largest absolute Gasteiger partial charge is 0.462 e. The lowest BCUT2D eigenvalue weighted by atomic mass is 10.1. The molecule has 1 aliphatic rings. The van der Waals surface area contributed by atoms with Crippen LogP contribution >= 0.6 is 0 Å².